The molecule has 0 aliphatic heterocycles. The molecule has 9 heteroatoms. The number of carboxylic acids is 1. The Morgan fingerprint density at radius 3 is 2.34 bits per heavy atom. The summed E-state index contributed by atoms with van der Waals surface area (Å²) >= 11 is 18.4. The lowest BCUT2D eigenvalue weighted by Crippen LogP contribution is -2.43. The molecule has 1 amide bonds. The van der Waals surface area contributed by atoms with Crippen LogP contribution in [0.4, 0.5) is 5.69 Å². The number of carboxylic acid groups (broad SMARTS) is 1. The maximum atomic E-state index is 12.0. The molecular weight excluding hydrogens is 439 g/mol. The van der Waals surface area contributed by atoms with Crippen molar-refractivity contribution < 1.29 is 19.4 Å². The van der Waals surface area contributed by atoms with Gasteiger partial charge in [0.1, 0.15) is 5.75 Å². The SMILES string of the molecule is CC(C)(C)NC(=O)COc1c(Cl)cc(Cl)cc1CNc1ccc(C(=O)O)c(Cl)c1. The quantitative estimate of drug-likeness (QED) is 0.526. The third kappa shape index (κ3) is 6.99. The fraction of sp³-hybridized carbons (Fsp3) is 0.300. The first-order valence-electron chi connectivity index (χ1n) is 8.64. The van der Waals surface area contributed by atoms with Crippen LogP contribution >= 0.6 is 34.8 Å². The van der Waals surface area contributed by atoms with Crippen LogP contribution in [0.25, 0.3) is 0 Å². The number of benzene rings is 2. The second-order valence-electron chi connectivity index (χ2n) is 7.32. The van der Waals surface area contributed by atoms with Crippen molar-refractivity contribution in [1.29, 1.82) is 0 Å². The lowest BCUT2D eigenvalue weighted by Gasteiger charge is -2.21. The highest BCUT2D eigenvalue weighted by Crippen LogP contribution is 2.33. The van der Waals surface area contributed by atoms with Crippen LogP contribution in [0.5, 0.6) is 5.75 Å². The molecule has 0 unspecified atom stereocenters. The van der Waals surface area contributed by atoms with Crippen LogP contribution in [-0.4, -0.2) is 29.1 Å². The maximum absolute atomic E-state index is 12.0. The number of halogens is 3. The number of amides is 1. The van der Waals surface area contributed by atoms with Crippen LogP contribution in [-0.2, 0) is 11.3 Å². The van der Waals surface area contributed by atoms with E-state index in [-0.39, 0.29) is 40.2 Å². The molecule has 2 aromatic rings. The molecule has 0 spiro atoms. The minimum absolute atomic E-state index is 0.0110. The van der Waals surface area contributed by atoms with Crippen LogP contribution in [0.15, 0.2) is 30.3 Å². The van der Waals surface area contributed by atoms with E-state index in [0.29, 0.717) is 22.0 Å². The molecule has 0 radical (unpaired) electrons. The Kier molecular flexibility index (Phi) is 7.63. The molecular formula is C20H21Cl3N2O4. The average Bonchev–Trinajstić information content (AvgIpc) is 2.57. The lowest BCUT2D eigenvalue weighted by molar-refractivity contribution is -0.124. The number of hydrogen-bond acceptors (Lipinski definition) is 4. The first-order chi connectivity index (χ1) is 13.5. The second kappa shape index (κ2) is 9.57. The summed E-state index contributed by atoms with van der Waals surface area (Å²) in [5, 5.41) is 15.8. The maximum Gasteiger partial charge on any atom is 0.337 e. The van der Waals surface area contributed by atoms with Gasteiger partial charge in [-0.05, 0) is 51.1 Å². The van der Waals surface area contributed by atoms with Crippen molar-refractivity contribution in [1.82, 2.24) is 5.32 Å². The first-order valence-corrected chi connectivity index (χ1v) is 9.78. The molecule has 0 bridgehead atoms. The van der Waals surface area contributed by atoms with Crippen LogP contribution < -0.4 is 15.4 Å². The zero-order chi connectivity index (χ0) is 21.8. The molecule has 0 atom stereocenters. The number of nitrogens with one attached hydrogen (secondary N) is 2. The molecule has 6 nitrogen and oxygen atoms in total. The summed E-state index contributed by atoms with van der Waals surface area (Å²) in [6.45, 7) is 5.67. The van der Waals surface area contributed by atoms with E-state index in [1.165, 1.54) is 18.2 Å². The molecule has 0 saturated heterocycles. The molecule has 0 fully saturated rings. The molecule has 0 heterocycles. The van der Waals surface area contributed by atoms with E-state index >= 15 is 0 Å². The highest BCUT2D eigenvalue weighted by molar-refractivity contribution is 6.35. The van der Waals surface area contributed by atoms with Gasteiger partial charge in [0.25, 0.3) is 5.91 Å². The number of hydrogen-bond donors (Lipinski definition) is 3. The van der Waals surface area contributed by atoms with Gasteiger partial charge >= 0.3 is 5.97 Å². The third-order valence-electron chi connectivity index (χ3n) is 3.63. The summed E-state index contributed by atoms with van der Waals surface area (Å²) in [6, 6.07) is 7.71. The lowest BCUT2D eigenvalue weighted by atomic mass is 10.1. The summed E-state index contributed by atoms with van der Waals surface area (Å²) in [7, 11) is 0. The van der Waals surface area contributed by atoms with E-state index in [0.717, 1.165) is 0 Å². The number of carbonyl (C=O) groups is 2. The van der Waals surface area contributed by atoms with Gasteiger partial charge in [0.15, 0.2) is 6.61 Å². The molecule has 3 N–H and O–H groups in total. The van der Waals surface area contributed by atoms with Crippen molar-refractivity contribution in [3.8, 4) is 5.75 Å². The Bertz CT molecular complexity index is 927. The van der Waals surface area contributed by atoms with Crippen molar-refractivity contribution in [2.45, 2.75) is 32.9 Å². The van der Waals surface area contributed by atoms with Crippen molar-refractivity contribution in [3.63, 3.8) is 0 Å². The Morgan fingerprint density at radius 1 is 1.07 bits per heavy atom. The zero-order valence-electron chi connectivity index (χ0n) is 16.1. The average molecular weight is 460 g/mol. The smallest absolute Gasteiger partial charge is 0.337 e. The standard InChI is InChI=1S/C20H21Cl3N2O4/c1-20(2,3)25-17(26)10-29-18-11(6-12(21)7-16(18)23)9-24-13-4-5-14(19(27)28)15(22)8-13/h4-8,24H,9-10H2,1-3H3,(H,25,26)(H,27,28). The Hall–Kier alpha value is -2.15. The van der Waals surface area contributed by atoms with Gasteiger partial charge in [-0.1, -0.05) is 34.8 Å². The molecule has 156 valence electrons. The number of rotatable bonds is 7. The van der Waals surface area contributed by atoms with Crippen LogP contribution in [0.2, 0.25) is 15.1 Å². The molecule has 29 heavy (non-hydrogen) atoms. The number of ether oxygens (including phenoxy) is 1. The Labute approximate surface area is 184 Å². The second-order valence-corrected chi connectivity index (χ2v) is 8.57. The van der Waals surface area contributed by atoms with Crippen molar-refractivity contribution in [2.75, 3.05) is 11.9 Å². The van der Waals surface area contributed by atoms with Gasteiger partial charge in [0.2, 0.25) is 0 Å². The zero-order valence-corrected chi connectivity index (χ0v) is 18.4. The fourth-order valence-corrected chi connectivity index (χ4v) is 3.35. The monoisotopic (exact) mass is 458 g/mol. The molecule has 0 aliphatic rings. The van der Waals surface area contributed by atoms with E-state index in [2.05, 4.69) is 10.6 Å². The number of carbonyl (C=O) groups excluding carboxylic acids is 1. The summed E-state index contributed by atoms with van der Waals surface area (Å²) < 4.78 is 5.65. The van der Waals surface area contributed by atoms with Crippen molar-refractivity contribution in [2.24, 2.45) is 0 Å². The molecule has 2 aromatic carbocycles. The first kappa shape index (κ1) is 23.1. The summed E-state index contributed by atoms with van der Waals surface area (Å²) in [5.41, 5.74) is 0.865. The summed E-state index contributed by atoms with van der Waals surface area (Å²) in [5.74, 6) is -1.05. The van der Waals surface area contributed by atoms with E-state index < -0.39 is 5.97 Å². The molecule has 0 aliphatic carbocycles. The Morgan fingerprint density at radius 2 is 1.76 bits per heavy atom. The molecule has 2 rings (SSSR count). The molecule has 0 aromatic heterocycles. The summed E-state index contributed by atoms with van der Waals surface area (Å²) in [6.07, 6.45) is 0. The highest BCUT2D eigenvalue weighted by Gasteiger charge is 2.17. The number of aromatic carboxylic acids is 1. The van der Waals surface area contributed by atoms with Gasteiger partial charge in [0.05, 0.1) is 15.6 Å². The summed E-state index contributed by atoms with van der Waals surface area (Å²) in [4.78, 5) is 23.1. The highest BCUT2D eigenvalue weighted by atomic mass is 35.5. The normalized spacial score (nSPS) is 11.1. The van der Waals surface area contributed by atoms with E-state index in [1.807, 2.05) is 20.8 Å². The van der Waals surface area contributed by atoms with Gasteiger partial charge < -0.3 is 20.5 Å². The van der Waals surface area contributed by atoms with Gasteiger partial charge in [-0.25, -0.2) is 4.79 Å². The van der Waals surface area contributed by atoms with Crippen LogP contribution in [0.3, 0.4) is 0 Å². The van der Waals surface area contributed by atoms with Gasteiger partial charge in [-0.15, -0.1) is 0 Å². The Balaban J connectivity index is 2.15. The number of anilines is 1. The third-order valence-corrected chi connectivity index (χ3v) is 4.44. The predicted molar refractivity (Wildman–Crippen MR) is 116 cm³/mol. The predicted octanol–water partition coefficient (Wildman–Crippen LogP) is 5.25. The van der Waals surface area contributed by atoms with Crippen molar-refractivity contribution >= 4 is 52.4 Å². The van der Waals surface area contributed by atoms with Gasteiger partial charge in [0, 0.05) is 28.4 Å². The van der Waals surface area contributed by atoms with Gasteiger partial charge in [-0.3, -0.25) is 4.79 Å². The van der Waals surface area contributed by atoms with E-state index in [9.17, 15) is 9.59 Å². The van der Waals surface area contributed by atoms with Crippen LogP contribution in [0, 0.1) is 0 Å². The largest absolute Gasteiger partial charge is 0.482 e. The van der Waals surface area contributed by atoms with Gasteiger partial charge in [-0.2, -0.15) is 0 Å². The van der Waals surface area contributed by atoms with E-state index in [4.69, 9.17) is 44.6 Å². The minimum atomic E-state index is -1.10. The topological polar surface area (TPSA) is 87.7 Å². The van der Waals surface area contributed by atoms with Crippen LogP contribution in [0.1, 0.15) is 36.7 Å². The fourth-order valence-electron chi connectivity index (χ4n) is 2.49. The van der Waals surface area contributed by atoms with E-state index in [1.54, 1.807) is 12.1 Å². The molecule has 0 saturated carbocycles. The minimum Gasteiger partial charge on any atom is -0.482 e. The van der Waals surface area contributed by atoms with Crippen molar-refractivity contribution in [3.05, 3.63) is 56.5 Å².